The molecule has 2 aromatic rings. The SMILES string of the molecule is CCCN(CC)Cc1ccccc1.OCc1ccccc1. The van der Waals surface area contributed by atoms with Crippen molar-refractivity contribution in [3.05, 3.63) is 71.8 Å². The molecule has 0 aliphatic rings. The molecule has 0 fully saturated rings. The molecule has 0 atom stereocenters. The second kappa shape index (κ2) is 11.1. The summed E-state index contributed by atoms with van der Waals surface area (Å²) in [6.45, 7) is 8.02. The monoisotopic (exact) mass is 285 g/mol. The average Bonchev–Trinajstić information content (AvgIpc) is 2.57. The van der Waals surface area contributed by atoms with Crippen molar-refractivity contribution in [2.45, 2.75) is 33.4 Å². The topological polar surface area (TPSA) is 23.5 Å². The molecule has 0 saturated heterocycles. The van der Waals surface area contributed by atoms with E-state index in [-0.39, 0.29) is 6.61 Å². The standard InChI is InChI=1S/C12H19N.C7H8O/c1-3-10-13(4-2)11-12-8-6-5-7-9-12;8-6-7-4-2-1-3-5-7/h5-9H,3-4,10-11H2,1-2H3;1-5,8H,6H2. The molecule has 1 N–H and O–H groups in total. The van der Waals surface area contributed by atoms with E-state index in [0.29, 0.717) is 0 Å². The summed E-state index contributed by atoms with van der Waals surface area (Å²) in [6, 6.07) is 20.2. The minimum Gasteiger partial charge on any atom is -0.392 e. The average molecular weight is 285 g/mol. The number of hydrogen-bond acceptors (Lipinski definition) is 2. The van der Waals surface area contributed by atoms with Crippen LogP contribution in [0.2, 0.25) is 0 Å². The van der Waals surface area contributed by atoms with Crippen molar-refractivity contribution in [3.8, 4) is 0 Å². The molecule has 0 unspecified atom stereocenters. The molecular formula is C19H27NO. The van der Waals surface area contributed by atoms with Crippen molar-refractivity contribution in [3.63, 3.8) is 0 Å². The molecule has 0 heterocycles. The molecule has 2 heteroatoms. The van der Waals surface area contributed by atoms with Gasteiger partial charge in [0.15, 0.2) is 0 Å². The van der Waals surface area contributed by atoms with Crippen LogP contribution >= 0.6 is 0 Å². The first-order chi connectivity index (χ1) is 10.3. The molecule has 0 aromatic heterocycles. The first kappa shape index (κ1) is 17.4. The summed E-state index contributed by atoms with van der Waals surface area (Å²) in [7, 11) is 0. The Kier molecular flexibility index (Phi) is 9.18. The highest BCUT2D eigenvalue weighted by atomic mass is 16.3. The van der Waals surface area contributed by atoms with Gasteiger partial charge in [-0.3, -0.25) is 4.90 Å². The lowest BCUT2D eigenvalue weighted by Gasteiger charge is -2.19. The van der Waals surface area contributed by atoms with Gasteiger partial charge in [-0.2, -0.15) is 0 Å². The van der Waals surface area contributed by atoms with E-state index < -0.39 is 0 Å². The van der Waals surface area contributed by atoms with E-state index in [1.165, 1.54) is 18.5 Å². The van der Waals surface area contributed by atoms with Gasteiger partial charge in [-0.05, 0) is 30.6 Å². The Morgan fingerprint density at radius 2 is 1.33 bits per heavy atom. The van der Waals surface area contributed by atoms with E-state index in [1.54, 1.807) is 0 Å². The third-order valence-electron chi connectivity index (χ3n) is 3.26. The van der Waals surface area contributed by atoms with Gasteiger partial charge in [0.1, 0.15) is 0 Å². The van der Waals surface area contributed by atoms with Gasteiger partial charge in [-0.25, -0.2) is 0 Å². The first-order valence-electron chi connectivity index (χ1n) is 7.71. The summed E-state index contributed by atoms with van der Waals surface area (Å²) < 4.78 is 0. The van der Waals surface area contributed by atoms with Gasteiger partial charge in [0, 0.05) is 6.54 Å². The van der Waals surface area contributed by atoms with Gasteiger partial charge in [-0.15, -0.1) is 0 Å². The molecule has 0 aliphatic heterocycles. The third-order valence-corrected chi connectivity index (χ3v) is 3.26. The lowest BCUT2D eigenvalue weighted by molar-refractivity contribution is 0.280. The molecule has 0 aliphatic carbocycles. The molecular weight excluding hydrogens is 258 g/mol. The Hall–Kier alpha value is -1.64. The lowest BCUT2D eigenvalue weighted by atomic mass is 10.2. The fourth-order valence-corrected chi connectivity index (χ4v) is 2.09. The second-order valence-corrected chi connectivity index (χ2v) is 5.00. The van der Waals surface area contributed by atoms with E-state index in [9.17, 15) is 0 Å². The fourth-order valence-electron chi connectivity index (χ4n) is 2.09. The van der Waals surface area contributed by atoms with E-state index in [2.05, 4.69) is 49.1 Å². The Balaban J connectivity index is 0.000000235. The summed E-state index contributed by atoms with van der Waals surface area (Å²) in [6.07, 6.45) is 1.24. The summed E-state index contributed by atoms with van der Waals surface area (Å²) in [4.78, 5) is 2.47. The van der Waals surface area contributed by atoms with Crippen LogP contribution in [0.5, 0.6) is 0 Å². The van der Waals surface area contributed by atoms with Gasteiger partial charge in [0.25, 0.3) is 0 Å². The first-order valence-corrected chi connectivity index (χ1v) is 7.71. The fraction of sp³-hybridized carbons (Fsp3) is 0.368. The highest BCUT2D eigenvalue weighted by Crippen LogP contribution is 2.04. The van der Waals surface area contributed by atoms with E-state index in [0.717, 1.165) is 18.7 Å². The highest BCUT2D eigenvalue weighted by Gasteiger charge is 2.00. The molecule has 0 amide bonds. The summed E-state index contributed by atoms with van der Waals surface area (Å²) in [5.41, 5.74) is 2.38. The Morgan fingerprint density at radius 1 is 0.810 bits per heavy atom. The van der Waals surface area contributed by atoms with E-state index >= 15 is 0 Å². The molecule has 0 spiro atoms. The lowest BCUT2D eigenvalue weighted by Crippen LogP contribution is -2.23. The van der Waals surface area contributed by atoms with Crippen LogP contribution < -0.4 is 0 Å². The predicted molar refractivity (Wildman–Crippen MR) is 90.0 cm³/mol. The maximum atomic E-state index is 8.54. The number of rotatable bonds is 6. The zero-order valence-electron chi connectivity index (χ0n) is 13.2. The van der Waals surface area contributed by atoms with Crippen molar-refractivity contribution in [2.24, 2.45) is 0 Å². The molecule has 2 nitrogen and oxygen atoms in total. The van der Waals surface area contributed by atoms with Crippen LogP contribution in [0.25, 0.3) is 0 Å². The number of hydrogen-bond donors (Lipinski definition) is 1. The van der Waals surface area contributed by atoms with Crippen LogP contribution in [0.4, 0.5) is 0 Å². The van der Waals surface area contributed by atoms with Crippen LogP contribution in [-0.4, -0.2) is 23.1 Å². The number of aliphatic hydroxyl groups is 1. The van der Waals surface area contributed by atoms with Crippen LogP contribution in [-0.2, 0) is 13.2 Å². The largest absolute Gasteiger partial charge is 0.392 e. The molecule has 2 rings (SSSR count). The molecule has 114 valence electrons. The molecule has 2 aromatic carbocycles. The van der Waals surface area contributed by atoms with Gasteiger partial charge in [0.2, 0.25) is 0 Å². The van der Waals surface area contributed by atoms with Gasteiger partial charge < -0.3 is 5.11 Å². The minimum absolute atomic E-state index is 0.140. The van der Waals surface area contributed by atoms with E-state index in [1.807, 2.05) is 30.3 Å². The van der Waals surface area contributed by atoms with Crippen molar-refractivity contribution >= 4 is 0 Å². The van der Waals surface area contributed by atoms with Gasteiger partial charge >= 0.3 is 0 Å². The maximum absolute atomic E-state index is 8.54. The highest BCUT2D eigenvalue weighted by molar-refractivity contribution is 5.14. The Morgan fingerprint density at radius 3 is 1.71 bits per heavy atom. The number of aliphatic hydroxyl groups excluding tert-OH is 1. The van der Waals surface area contributed by atoms with E-state index in [4.69, 9.17) is 5.11 Å². The summed E-state index contributed by atoms with van der Waals surface area (Å²) in [5.74, 6) is 0. The van der Waals surface area contributed by atoms with Crippen LogP contribution in [0, 0.1) is 0 Å². The normalized spacial score (nSPS) is 10.1. The third kappa shape index (κ3) is 7.64. The number of nitrogens with zero attached hydrogens (tertiary/aromatic N) is 1. The van der Waals surface area contributed by atoms with Crippen LogP contribution in [0.1, 0.15) is 31.4 Å². The summed E-state index contributed by atoms with van der Waals surface area (Å²) in [5, 5.41) is 8.54. The zero-order chi connectivity index (χ0) is 15.3. The van der Waals surface area contributed by atoms with Crippen molar-refractivity contribution in [1.29, 1.82) is 0 Å². The summed E-state index contributed by atoms with van der Waals surface area (Å²) >= 11 is 0. The second-order valence-electron chi connectivity index (χ2n) is 5.00. The van der Waals surface area contributed by atoms with Crippen molar-refractivity contribution in [1.82, 2.24) is 4.90 Å². The zero-order valence-corrected chi connectivity index (χ0v) is 13.2. The Bertz CT molecular complexity index is 456. The Labute approximate surface area is 129 Å². The van der Waals surface area contributed by atoms with Crippen molar-refractivity contribution in [2.75, 3.05) is 13.1 Å². The van der Waals surface area contributed by atoms with Crippen LogP contribution in [0.15, 0.2) is 60.7 Å². The maximum Gasteiger partial charge on any atom is 0.0681 e. The molecule has 21 heavy (non-hydrogen) atoms. The quantitative estimate of drug-likeness (QED) is 0.864. The minimum atomic E-state index is 0.140. The van der Waals surface area contributed by atoms with Crippen molar-refractivity contribution < 1.29 is 5.11 Å². The molecule has 0 bridgehead atoms. The van der Waals surface area contributed by atoms with Gasteiger partial charge in [0.05, 0.1) is 6.61 Å². The molecule has 0 saturated carbocycles. The van der Waals surface area contributed by atoms with Gasteiger partial charge in [-0.1, -0.05) is 74.5 Å². The predicted octanol–water partition coefficient (Wildman–Crippen LogP) is 4.10. The number of benzene rings is 2. The van der Waals surface area contributed by atoms with Crippen LogP contribution in [0.3, 0.4) is 0 Å². The molecule has 0 radical (unpaired) electrons. The smallest absolute Gasteiger partial charge is 0.0681 e.